The third kappa shape index (κ3) is 3.02. The van der Waals surface area contributed by atoms with Crippen molar-refractivity contribution in [3.8, 4) is 0 Å². The minimum Gasteiger partial charge on any atom is -0.398 e. The van der Waals surface area contributed by atoms with Crippen molar-refractivity contribution in [2.75, 3.05) is 30.3 Å². The van der Waals surface area contributed by atoms with Gasteiger partial charge in [-0.3, -0.25) is 4.98 Å². The van der Waals surface area contributed by atoms with Crippen LogP contribution in [0.5, 0.6) is 0 Å². The molecule has 0 spiro atoms. The number of aliphatic hydroxyl groups excluding tert-OH is 1. The van der Waals surface area contributed by atoms with Gasteiger partial charge in [0.05, 0.1) is 6.61 Å². The third-order valence-corrected chi connectivity index (χ3v) is 3.54. The lowest BCUT2D eigenvalue weighted by Gasteiger charge is -2.25. The monoisotopic (exact) mass is 273 g/mol. The standard InChI is InChI=1S/C16H23N3O/c1-3-4-7-19(8-9-20)16-6-5-15(17)14-11-18-12(2)10-13(14)16/h5-6,10-11,20H,3-4,7-9,17H2,1-2H3. The number of nitrogens with zero attached hydrogens (tertiary/aromatic N) is 2. The van der Waals surface area contributed by atoms with Gasteiger partial charge in [-0.1, -0.05) is 13.3 Å². The summed E-state index contributed by atoms with van der Waals surface area (Å²) < 4.78 is 0. The van der Waals surface area contributed by atoms with Gasteiger partial charge < -0.3 is 15.7 Å². The number of hydrogen-bond donors (Lipinski definition) is 2. The van der Waals surface area contributed by atoms with E-state index in [0.29, 0.717) is 6.54 Å². The zero-order valence-corrected chi connectivity index (χ0v) is 12.3. The lowest BCUT2D eigenvalue weighted by atomic mass is 10.1. The van der Waals surface area contributed by atoms with Gasteiger partial charge in [0.1, 0.15) is 0 Å². The maximum atomic E-state index is 9.30. The number of fused-ring (bicyclic) bond motifs is 1. The van der Waals surface area contributed by atoms with E-state index in [2.05, 4.69) is 22.9 Å². The fraction of sp³-hybridized carbons (Fsp3) is 0.438. The average molecular weight is 273 g/mol. The number of unbranched alkanes of at least 4 members (excludes halogenated alkanes) is 1. The number of benzene rings is 1. The maximum Gasteiger partial charge on any atom is 0.0606 e. The number of aromatic nitrogens is 1. The Bertz CT molecular complexity index is 583. The minimum atomic E-state index is 0.152. The summed E-state index contributed by atoms with van der Waals surface area (Å²) in [5.41, 5.74) is 8.89. The van der Waals surface area contributed by atoms with Crippen LogP contribution in [0, 0.1) is 6.92 Å². The van der Waals surface area contributed by atoms with Crippen LogP contribution in [0.2, 0.25) is 0 Å². The van der Waals surface area contributed by atoms with E-state index in [1.165, 1.54) is 0 Å². The lowest BCUT2D eigenvalue weighted by molar-refractivity contribution is 0.301. The van der Waals surface area contributed by atoms with E-state index < -0.39 is 0 Å². The highest BCUT2D eigenvalue weighted by Gasteiger charge is 2.11. The highest BCUT2D eigenvalue weighted by atomic mass is 16.3. The molecule has 108 valence electrons. The SMILES string of the molecule is CCCCN(CCO)c1ccc(N)c2cnc(C)cc12. The Kier molecular flexibility index (Phi) is 4.79. The molecular formula is C16H23N3O. The molecule has 0 aliphatic rings. The summed E-state index contributed by atoms with van der Waals surface area (Å²) in [4.78, 5) is 6.56. The van der Waals surface area contributed by atoms with Gasteiger partial charge in [0.25, 0.3) is 0 Å². The van der Waals surface area contributed by atoms with Gasteiger partial charge in [-0.15, -0.1) is 0 Å². The van der Waals surface area contributed by atoms with Gasteiger partial charge in [-0.05, 0) is 31.5 Å². The number of nitrogen functional groups attached to an aromatic ring is 1. The van der Waals surface area contributed by atoms with Gasteiger partial charge in [-0.2, -0.15) is 0 Å². The zero-order valence-electron chi connectivity index (χ0n) is 12.3. The van der Waals surface area contributed by atoms with Crippen LogP contribution in [-0.2, 0) is 0 Å². The molecule has 0 aliphatic heterocycles. The number of hydrogen-bond acceptors (Lipinski definition) is 4. The van der Waals surface area contributed by atoms with Crippen molar-refractivity contribution in [1.82, 2.24) is 4.98 Å². The zero-order chi connectivity index (χ0) is 14.5. The summed E-state index contributed by atoms with van der Waals surface area (Å²) in [5.74, 6) is 0. The van der Waals surface area contributed by atoms with Gasteiger partial charge >= 0.3 is 0 Å². The van der Waals surface area contributed by atoms with Gasteiger partial charge in [0, 0.05) is 47.1 Å². The maximum absolute atomic E-state index is 9.30. The predicted molar refractivity (Wildman–Crippen MR) is 85.1 cm³/mol. The Labute approximate surface area is 120 Å². The van der Waals surface area contributed by atoms with Gasteiger partial charge in [-0.25, -0.2) is 0 Å². The first kappa shape index (κ1) is 14.6. The molecule has 4 nitrogen and oxygen atoms in total. The molecule has 20 heavy (non-hydrogen) atoms. The number of aryl methyl sites for hydroxylation is 1. The van der Waals surface area contributed by atoms with Crippen LogP contribution in [0.1, 0.15) is 25.5 Å². The minimum absolute atomic E-state index is 0.152. The molecule has 0 aliphatic carbocycles. The first-order chi connectivity index (χ1) is 9.67. The smallest absolute Gasteiger partial charge is 0.0606 e. The van der Waals surface area contributed by atoms with Crippen LogP contribution in [0.3, 0.4) is 0 Å². The Morgan fingerprint density at radius 1 is 1.25 bits per heavy atom. The van der Waals surface area contributed by atoms with Gasteiger partial charge in [0.15, 0.2) is 0 Å². The Morgan fingerprint density at radius 3 is 2.75 bits per heavy atom. The molecule has 1 heterocycles. The molecule has 3 N–H and O–H groups in total. The normalized spacial score (nSPS) is 10.9. The topological polar surface area (TPSA) is 62.4 Å². The first-order valence-corrected chi connectivity index (χ1v) is 7.18. The van der Waals surface area contributed by atoms with Crippen molar-refractivity contribution in [2.45, 2.75) is 26.7 Å². The first-order valence-electron chi connectivity index (χ1n) is 7.18. The molecule has 1 aromatic carbocycles. The molecule has 0 amide bonds. The van der Waals surface area contributed by atoms with Crippen molar-refractivity contribution in [1.29, 1.82) is 0 Å². The molecule has 2 rings (SSSR count). The molecule has 0 atom stereocenters. The summed E-state index contributed by atoms with van der Waals surface area (Å²) in [6.45, 7) is 5.89. The van der Waals surface area contributed by atoms with Crippen LogP contribution in [0.25, 0.3) is 10.8 Å². The highest BCUT2D eigenvalue weighted by Crippen LogP contribution is 2.31. The molecule has 0 unspecified atom stereocenters. The van der Waals surface area contributed by atoms with E-state index in [0.717, 1.165) is 47.2 Å². The number of pyridine rings is 1. The van der Waals surface area contributed by atoms with Crippen LogP contribution in [-0.4, -0.2) is 29.8 Å². The number of anilines is 2. The molecule has 0 bridgehead atoms. The largest absolute Gasteiger partial charge is 0.398 e. The van der Waals surface area contributed by atoms with E-state index in [9.17, 15) is 5.11 Å². The third-order valence-electron chi connectivity index (χ3n) is 3.54. The molecule has 4 heteroatoms. The summed E-state index contributed by atoms with van der Waals surface area (Å²) in [5, 5.41) is 11.4. The summed E-state index contributed by atoms with van der Waals surface area (Å²) in [6.07, 6.45) is 4.08. The van der Waals surface area contributed by atoms with Crippen molar-refractivity contribution < 1.29 is 5.11 Å². The van der Waals surface area contributed by atoms with E-state index in [-0.39, 0.29) is 6.61 Å². The van der Waals surface area contributed by atoms with Crippen molar-refractivity contribution in [3.05, 3.63) is 30.1 Å². The van der Waals surface area contributed by atoms with E-state index in [1.54, 1.807) is 0 Å². The van der Waals surface area contributed by atoms with Crippen LogP contribution < -0.4 is 10.6 Å². The molecule has 1 aromatic heterocycles. The number of rotatable bonds is 6. The predicted octanol–water partition coefficient (Wildman–Crippen LogP) is 2.72. The van der Waals surface area contributed by atoms with Crippen LogP contribution in [0.4, 0.5) is 11.4 Å². The fourth-order valence-corrected chi connectivity index (χ4v) is 2.45. The van der Waals surface area contributed by atoms with Crippen LogP contribution >= 0.6 is 0 Å². The molecule has 2 aromatic rings. The van der Waals surface area contributed by atoms with Gasteiger partial charge in [0.2, 0.25) is 0 Å². The lowest BCUT2D eigenvalue weighted by Crippen LogP contribution is -2.28. The van der Waals surface area contributed by atoms with E-state index in [1.807, 2.05) is 25.3 Å². The Morgan fingerprint density at radius 2 is 2.05 bits per heavy atom. The fourth-order valence-electron chi connectivity index (χ4n) is 2.45. The van der Waals surface area contributed by atoms with Crippen molar-refractivity contribution in [2.24, 2.45) is 0 Å². The Balaban J connectivity index is 2.50. The average Bonchev–Trinajstić information content (AvgIpc) is 2.44. The summed E-state index contributed by atoms with van der Waals surface area (Å²) >= 11 is 0. The van der Waals surface area contributed by atoms with Crippen molar-refractivity contribution >= 4 is 22.1 Å². The summed E-state index contributed by atoms with van der Waals surface area (Å²) in [7, 11) is 0. The van der Waals surface area contributed by atoms with E-state index in [4.69, 9.17) is 5.73 Å². The van der Waals surface area contributed by atoms with Crippen LogP contribution in [0.15, 0.2) is 24.4 Å². The molecular weight excluding hydrogens is 250 g/mol. The Hall–Kier alpha value is -1.81. The number of nitrogens with two attached hydrogens (primary N) is 1. The molecule has 0 fully saturated rings. The number of aliphatic hydroxyl groups is 1. The van der Waals surface area contributed by atoms with Crippen molar-refractivity contribution in [3.63, 3.8) is 0 Å². The molecule has 0 saturated heterocycles. The highest BCUT2D eigenvalue weighted by molar-refractivity contribution is 6.01. The second kappa shape index (κ2) is 6.57. The second-order valence-electron chi connectivity index (χ2n) is 5.11. The quantitative estimate of drug-likeness (QED) is 0.794. The molecule has 0 saturated carbocycles. The van der Waals surface area contributed by atoms with E-state index >= 15 is 0 Å². The second-order valence-corrected chi connectivity index (χ2v) is 5.11. The summed E-state index contributed by atoms with van der Waals surface area (Å²) in [6, 6.07) is 6.03. The molecule has 0 radical (unpaired) electrons.